The van der Waals surface area contributed by atoms with E-state index in [9.17, 15) is 5.11 Å². The summed E-state index contributed by atoms with van der Waals surface area (Å²) in [5, 5.41) is 9.72. The number of aromatic nitrogens is 3. The molecule has 0 saturated heterocycles. The quantitative estimate of drug-likeness (QED) is 0.610. The second-order valence-corrected chi connectivity index (χ2v) is 5.01. The van der Waals surface area contributed by atoms with Gasteiger partial charge in [0.1, 0.15) is 17.3 Å². The number of rotatable bonds is 2. The lowest BCUT2D eigenvalue weighted by Gasteiger charge is -2.01. The molecule has 0 amide bonds. The van der Waals surface area contributed by atoms with Crippen LogP contribution >= 0.6 is 0 Å². The zero-order valence-corrected chi connectivity index (χ0v) is 11.7. The Morgan fingerprint density at radius 2 is 1.82 bits per heavy atom. The van der Waals surface area contributed by atoms with Crippen molar-refractivity contribution in [3.8, 4) is 28.5 Å². The molecule has 1 aromatic carbocycles. The smallest absolute Gasteiger partial charge is 0.145 e. The summed E-state index contributed by atoms with van der Waals surface area (Å²) in [5.74, 6) is 1.01. The van der Waals surface area contributed by atoms with E-state index in [4.69, 9.17) is 4.98 Å². The minimum absolute atomic E-state index is 0.226. The number of phenolic OH excluding ortho intramolecular Hbond substituents is 1. The Hall–Kier alpha value is -3.14. The van der Waals surface area contributed by atoms with Gasteiger partial charge in [0.15, 0.2) is 0 Å². The number of nitrogens with zero attached hydrogens (tertiary/aromatic N) is 3. The molecule has 0 bridgehead atoms. The van der Waals surface area contributed by atoms with Gasteiger partial charge in [0.05, 0.1) is 11.2 Å². The number of phenols is 1. The highest BCUT2D eigenvalue weighted by Crippen LogP contribution is 2.29. The van der Waals surface area contributed by atoms with Crippen LogP contribution in [0.2, 0.25) is 0 Å². The molecule has 4 nitrogen and oxygen atoms in total. The van der Waals surface area contributed by atoms with E-state index in [-0.39, 0.29) is 5.75 Å². The minimum Gasteiger partial charge on any atom is -0.508 e. The molecule has 0 atom stereocenters. The van der Waals surface area contributed by atoms with Gasteiger partial charge in [-0.1, -0.05) is 24.3 Å². The maximum absolute atomic E-state index is 9.72. The Kier molecular flexibility index (Phi) is 2.86. The summed E-state index contributed by atoms with van der Waals surface area (Å²) in [6.07, 6.45) is 3.73. The van der Waals surface area contributed by atoms with Crippen LogP contribution in [0, 0.1) is 0 Å². The van der Waals surface area contributed by atoms with Gasteiger partial charge in [-0.2, -0.15) is 0 Å². The zero-order valence-electron chi connectivity index (χ0n) is 11.7. The monoisotopic (exact) mass is 287 g/mol. The second kappa shape index (κ2) is 5.00. The largest absolute Gasteiger partial charge is 0.508 e. The van der Waals surface area contributed by atoms with E-state index >= 15 is 0 Å². The molecule has 22 heavy (non-hydrogen) atoms. The highest BCUT2D eigenvalue weighted by atomic mass is 16.3. The summed E-state index contributed by atoms with van der Waals surface area (Å²) in [6.45, 7) is 0. The van der Waals surface area contributed by atoms with Crippen LogP contribution in [0.25, 0.3) is 28.3 Å². The first-order valence-corrected chi connectivity index (χ1v) is 7.01. The number of hydrogen-bond donors (Lipinski definition) is 1. The number of hydrogen-bond acceptors (Lipinski definition) is 3. The van der Waals surface area contributed by atoms with Gasteiger partial charge in [-0.15, -0.1) is 0 Å². The predicted molar refractivity (Wildman–Crippen MR) is 85.5 cm³/mol. The molecule has 0 aliphatic rings. The Balaban J connectivity index is 2.01. The molecule has 0 spiro atoms. The average molecular weight is 287 g/mol. The second-order valence-electron chi connectivity index (χ2n) is 5.01. The molecule has 0 saturated carbocycles. The Labute approximate surface area is 127 Å². The van der Waals surface area contributed by atoms with Crippen molar-refractivity contribution in [3.05, 3.63) is 73.1 Å². The third kappa shape index (κ3) is 2.02. The van der Waals surface area contributed by atoms with Crippen LogP contribution in [-0.2, 0) is 0 Å². The van der Waals surface area contributed by atoms with Gasteiger partial charge in [-0.3, -0.25) is 9.38 Å². The minimum atomic E-state index is 0.226. The fraction of sp³-hybridized carbons (Fsp3) is 0. The molecule has 0 aliphatic heterocycles. The molecule has 1 N–H and O–H groups in total. The van der Waals surface area contributed by atoms with Gasteiger partial charge in [0.25, 0.3) is 0 Å². The lowest BCUT2D eigenvalue weighted by Crippen LogP contribution is -1.87. The molecule has 4 heteroatoms. The van der Waals surface area contributed by atoms with Gasteiger partial charge in [-0.25, -0.2) is 4.98 Å². The molecule has 0 unspecified atom stereocenters. The zero-order chi connectivity index (χ0) is 14.9. The van der Waals surface area contributed by atoms with E-state index in [1.807, 2.05) is 59.1 Å². The van der Waals surface area contributed by atoms with Crippen molar-refractivity contribution in [1.29, 1.82) is 0 Å². The van der Waals surface area contributed by atoms with E-state index < -0.39 is 0 Å². The van der Waals surface area contributed by atoms with Gasteiger partial charge in [-0.05, 0) is 36.4 Å². The maximum atomic E-state index is 9.72. The lowest BCUT2D eigenvalue weighted by molar-refractivity contribution is 0.475. The van der Waals surface area contributed by atoms with Crippen LogP contribution in [0.1, 0.15) is 0 Å². The summed E-state index contributed by atoms with van der Waals surface area (Å²) < 4.78 is 2.01. The van der Waals surface area contributed by atoms with Crippen molar-refractivity contribution in [2.75, 3.05) is 0 Å². The standard InChI is InChI=1S/C18H13N3O/c22-14-7-5-6-13(12-14)18-20-17(15-8-1-3-10-19-15)16-9-2-4-11-21(16)18/h1-12,22H. The first-order chi connectivity index (χ1) is 10.8. The SMILES string of the molecule is Oc1cccc(-c2nc(-c3ccccn3)c3ccccn23)c1. The Bertz CT molecular complexity index is 945. The molecule has 106 valence electrons. The third-order valence-electron chi connectivity index (χ3n) is 3.56. The molecule has 4 aromatic rings. The number of pyridine rings is 2. The summed E-state index contributed by atoms with van der Waals surface area (Å²) >= 11 is 0. The Morgan fingerprint density at radius 1 is 0.909 bits per heavy atom. The van der Waals surface area contributed by atoms with Crippen molar-refractivity contribution >= 4 is 5.52 Å². The first-order valence-electron chi connectivity index (χ1n) is 7.01. The number of benzene rings is 1. The fourth-order valence-electron chi connectivity index (χ4n) is 2.58. The van der Waals surface area contributed by atoms with E-state index in [1.54, 1.807) is 18.3 Å². The van der Waals surface area contributed by atoms with Crippen molar-refractivity contribution in [3.63, 3.8) is 0 Å². The normalized spacial score (nSPS) is 10.9. The fourth-order valence-corrected chi connectivity index (χ4v) is 2.58. The maximum Gasteiger partial charge on any atom is 0.145 e. The molecule has 3 heterocycles. The van der Waals surface area contributed by atoms with E-state index in [0.29, 0.717) is 0 Å². The van der Waals surface area contributed by atoms with Crippen molar-refractivity contribution in [1.82, 2.24) is 14.4 Å². The summed E-state index contributed by atoms with van der Waals surface area (Å²) in [5.41, 5.74) is 3.51. The van der Waals surface area contributed by atoms with E-state index in [1.165, 1.54) is 0 Å². The van der Waals surface area contributed by atoms with E-state index in [2.05, 4.69) is 4.98 Å². The van der Waals surface area contributed by atoms with Crippen molar-refractivity contribution < 1.29 is 5.11 Å². The first kappa shape index (κ1) is 12.6. The Morgan fingerprint density at radius 3 is 2.64 bits per heavy atom. The molecule has 0 aliphatic carbocycles. The molecule has 0 radical (unpaired) electrons. The summed E-state index contributed by atoms with van der Waals surface area (Å²) in [6, 6.07) is 18.9. The predicted octanol–water partition coefficient (Wildman–Crippen LogP) is 3.77. The van der Waals surface area contributed by atoms with Crippen molar-refractivity contribution in [2.45, 2.75) is 0 Å². The summed E-state index contributed by atoms with van der Waals surface area (Å²) in [7, 11) is 0. The van der Waals surface area contributed by atoms with Crippen LogP contribution < -0.4 is 0 Å². The topological polar surface area (TPSA) is 50.4 Å². The van der Waals surface area contributed by atoms with Crippen molar-refractivity contribution in [2.24, 2.45) is 0 Å². The molecular formula is C18H13N3O. The highest BCUT2D eigenvalue weighted by molar-refractivity contribution is 5.79. The van der Waals surface area contributed by atoms with Gasteiger partial charge in [0, 0.05) is 18.0 Å². The van der Waals surface area contributed by atoms with E-state index in [0.717, 1.165) is 28.3 Å². The number of imidazole rings is 1. The summed E-state index contributed by atoms with van der Waals surface area (Å²) in [4.78, 5) is 9.16. The molecule has 0 fully saturated rings. The van der Waals surface area contributed by atoms with Crippen LogP contribution in [0.15, 0.2) is 73.1 Å². The van der Waals surface area contributed by atoms with Gasteiger partial charge in [0.2, 0.25) is 0 Å². The van der Waals surface area contributed by atoms with Gasteiger partial charge < -0.3 is 5.11 Å². The third-order valence-corrected chi connectivity index (χ3v) is 3.56. The average Bonchev–Trinajstić information content (AvgIpc) is 2.95. The molecule has 3 aromatic heterocycles. The molecular weight excluding hydrogens is 274 g/mol. The lowest BCUT2D eigenvalue weighted by atomic mass is 10.2. The van der Waals surface area contributed by atoms with Crippen LogP contribution in [0.3, 0.4) is 0 Å². The number of fused-ring (bicyclic) bond motifs is 1. The van der Waals surface area contributed by atoms with Crippen LogP contribution in [-0.4, -0.2) is 19.5 Å². The molecule has 4 rings (SSSR count). The highest BCUT2D eigenvalue weighted by Gasteiger charge is 2.14. The van der Waals surface area contributed by atoms with Gasteiger partial charge >= 0.3 is 0 Å². The number of aromatic hydroxyl groups is 1. The van der Waals surface area contributed by atoms with Crippen LogP contribution in [0.4, 0.5) is 0 Å². The van der Waals surface area contributed by atoms with Crippen LogP contribution in [0.5, 0.6) is 5.75 Å².